The maximum absolute atomic E-state index is 11.8. The van der Waals surface area contributed by atoms with Crippen molar-refractivity contribution in [2.75, 3.05) is 34.8 Å². The van der Waals surface area contributed by atoms with Gasteiger partial charge in [0, 0.05) is 31.5 Å². The Bertz CT molecular complexity index is 1160. The molecule has 29 heavy (non-hydrogen) atoms. The first-order valence-electron chi connectivity index (χ1n) is 9.65. The number of nitrogens with zero attached hydrogens (tertiary/aromatic N) is 5. The summed E-state index contributed by atoms with van der Waals surface area (Å²) in [6.45, 7) is 1.51. The van der Waals surface area contributed by atoms with Crippen molar-refractivity contribution in [3.8, 4) is 0 Å². The minimum atomic E-state index is -2.93. The van der Waals surface area contributed by atoms with Crippen LogP contribution in [0.1, 0.15) is 30.0 Å². The largest absolute Gasteiger partial charge is 0.366 e. The van der Waals surface area contributed by atoms with Gasteiger partial charge in [-0.1, -0.05) is 11.6 Å². The molecule has 0 amide bonds. The predicted octanol–water partition coefficient (Wildman–Crippen LogP) is 2.50. The molecule has 1 N–H and O–H groups in total. The Morgan fingerprint density at radius 1 is 1.14 bits per heavy atom. The van der Waals surface area contributed by atoms with Crippen molar-refractivity contribution in [3.63, 3.8) is 0 Å². The Morgan fingerprint density at radius 3 is 2.66 bits per heavy atom. The number of rotatable bonds is 5. The van der Waals surface area contributed by atoms with Crippen molar-refractivity contribution in [2.24, 2.45) is 0 Å². The van der Waals surface area contributed by atoms with Crippen LogP contribution < -0.4 is 10.2 Å². The van der Waals surface area contributed by atoms with Crippen LogP contribution in [0.25, 0.3) is 5.65 Å². The molecule has 8 nitrogen and oxygen atoms in total. The summed E-state index contributed by atoms with van der Waals surface area (Å²) in [5.74, 6) is 1.62. The van der Waals surface area contributed by atoms with Crippen molar-refractivity contribution >= 4 is 38.6 Å². The molecule has 0 spiro atoms. The summed E-state index contributed by atoms with van der Waals surface area (Å²) in [6.07, 6.45) is 7.99. The van der Waals surface area contributed by atoms with Gasteiger partial charge >= 0.3 is 0 Å². The Hall–Kier alpha value is -2.39. The summed E-state index contributed by atoms with van der Waals surface area (Å²) in [5.41, 5.74) is 4.03. The number of hydrogen-bond donors (Lipinski definition) is 1. The highest BCUT2D eigenvalue weighted by Crippen LogP contribution is 2.42. The molecule has 1 aliphatic heterocycles. The van der Waals surface area contributed by atoms with E-state index in [9.17, 15) is 8.42 Å². The normalized spacial score (nSPS) is 18.9. The lowest BCUT2D eigenvalue weighted by Gasteiger charge is -2.29. The van der Waals surface area contributed by atoms with Gasteiger partial charge in [-0.05, 0) is 30.4 Å². The molecule has 1 saturated carbocycles. The van der Waals surface area contributed by atoms with Gasteiger partial charge in [-0.2, -0.15) is 0 Å². The van der Waals surface area contributed by atoms with E-state index in [0.29, 0.717) is 36.5 Å². The van der Waals surface area contributed by atoms with Crippen LogP contribution in [0, 0.1) is 0 Å². The van der Waals surface area contributed by atoms with Gasteiger partial charge in [0.15, 0.2) is 15.5 Å². The molecule has 2 fully saturated rings. The molecule has 3 aromatic rings. The lowest BCUT2D eigenvalue weighted by atomic mass is 10.1. The Kier molecular flexibility index (Phi) is 4.59. The lowest BCUT2D eigenvalue weighted by Crippen LogP contribution is -2.40. The highest BCUT2D eigenvalue weighted by atomic mass is 35.5. The summed E-state index contributed by atoms with van der Waals surface area (Å²) >= 11 is 5.91. The first-order valence-corrected chi connectivity index (χ1v) is 11.9. The van der Waals surface area contributed by atoms with E-state index >= 15 is 0 Å². The van der Waals surface area contributed by atoms with Crippen molar-refractivity contribution in [1.29, 1.82) is 0 Å². The molecule has 10 heteroatoms. The Labute approximate surface area is 173 Å². The van der Waals surface area contributed by atoms with E-state index in [-0.39, 0.29) is 11.5 Å². The number of imidazole rings is 1. The number of nitrogens with one attached hydrogen (secondary N) is 1. The fourth-order valence-corrected chi connectivity index (χ4v) is 5.02. The van der Waals surface area contributed by atoms with Crippen LogP contribution in [0.3, 0.4) is 0 Å². The molecule has 4 heterocycles. The molecular weight excluding hydrogens is 412 g/mol. The third-order valence-electron chi connectivity index (χ3n) is 5.42. The number of pyridine rings is 1. The standard InChI is InChI=1S/C19H21ClN6O2S/c20-17-8-18(23-12-22-17)21-9-15-11-26-10-14(13-1-2-13)7-16(19(26)24-15)25-3-5-29(27,28)6-4-25/h7-8,10-13H,1-6,9H2,(H,21,22,23). The van der Waals surface area contributed by atoms with E-state index in [0.717, 1.165) is 17.0 Å². The van der Waals surface area contributed by atoms with E-state index in [1.54, 1.807) is 6.07 Å². The van der Waals surface area contributed by atoms with Crippen LogP contribution in [0.2, 0.25) is 5.15 Å². The van der Waals surface area contributed by atoms with Crippen LogP contribution in [0.15, 0.2) is 30.9 Å². The topological polar surface area (TPSA) is 92.5 Å². The number of hydrogen-bond acceptors (Lipinski definition) is 7. The average Bonchev–Trinajstić information content (AvgIpc) is 3.45. The van der Waals surface area contributed by atoms with Gasteiger partial charge in [0.2, 0.25) is 0 Å². The Morgan fingerprint density at radius 2 is 1.93 bits per heavy atom. The number of halogens is 1. The Balaban J connectivity index is 1.45. The molecule has 0 aromatic carbocycles. The van der Waals surface area contributed by atoms with Crippen LogP contribution in [-0.4, -0.2) is 52.4 Å². The molecular formula is C19H21ClN6O2S. The molecule has 0 bridgehead atoms. The molecule has 0 radical (unpaired) electrons. The zero-order valence-electron chi connectivity index (χ0n) is 15.8. The number of sulfone groups is 1. The fraction of sp³-hybridized carbons (Fsp3) is 0.421. The van der Waals surface area contributed by atoms with Crippen LogP contribution >= 0.6 is 11.6 Å². The zero-order chi connectivity index (χ0) is 20.0. The first-order chi connectivity index (χ1) is 14.0. The van der Waals surface area contributed by atoms with E-state index < -0.39 is 9.84 Å². The van der Waals surface area contributed by atoms with Gasteiger partial charge in [-0.15, -0.1) is 0 Å². The van der Waals surface area contributed by atoms with E-state index in [2.05, 4.69) is 36.8 Å². The highest BCUT2D eigenvalue weighted by Gasteiger charge is 2.28. The predicted molar refractivity (Wildman–Crippen MR) is 112 cm³/mol. The SMILES string of the molecule is O=S1(=O)CCN(c2cc(C3CC3)cn3cc(CNc4cc(Cl)ncn4)nc23)CC1. The summed E-state index contributed by atoms with van der Waals surface area (Å²) in [5, 5.41) is 3.60. The van der Waals surface area contributed by atoms with E-state index in [1.807, 2.05) is 6.20 Å². The smallest absolute Gasteiger partial charge is 0.160 e. The molecule has 1 saturated heterocycles. The van der Waals surface area contributed by atoms with Gasteiger partial charge in [-0.3, -0.25) is 0 Å². The van der Waals surface area contributed by atoms with E-state index in [4.69, 9.17) is 16.6 Å². The molecule has 2 aliphatic rings. The van der Waals surface area contributed by atoms with Gasteiger partial charge < -0.3 is 14.6 Å². The molecule has 0 atom stereocenters. The number of anilines is 2. The van der Waals surface area contributed by atoms with E-state index in [1.165, 1.54) is 24.7 Å². The fourth-order valence-electron chi connectivity index (χ4n) is 3.68. The lowest BCUT2D eigenvalue weighted by molar-refractivity contribution is 0.587. The summed E-state index contributed by atoms with van der Waals surface area (Å²) in [6, 6.07) is 3.86. The summed E-state index contributed by atoms with van der Waals surface area (Å²) in [4.78, 5) is 15.0. The van der Waals surface area contributed by atoms with Gasteiger partial charge in [0.05, 0.1) is 29.4 Å². The van der Waals surface area contributed by atoms with Crippen LogP contribution in [0.5, 0.6) is 0 Å². The van der Waals surface area contributed by atoms with Gasteiger partial charge in [0.1, 0.15) is 17.3 Å². The quantitative estimate of drug-likeness (QED) is 0.619. The molecule has 0 unspecified atom stereocenters. The molecule has 1 aliphatic carbocycles. The van der Waals surface area contributed by atoms with Crippen molar-refractivity contribution in [3.05, 3.63) is 47.3 Å². The highest BCUT2D eigenvalue weighted by molar-refractivity contribution is 7.91. The number of fused-ring (bicyclic) bond motifs is 1. The molecule has 3 aromatic heterocycles. The molecule has 5 rings (SSSR count). The van der Waals surface area contributed by atoms with Crippen molar-refractivity contribution < 1.29 is 8.42 Å². The maximum Gasteiger partial charge on any atom is 0.160 e. The second-order valence-corrected chi connectivity index (χ2v) is 10.3. The number of aromatic nitrogens is 4. The van der Waals surface area contributed by atoms with Gasteiger partial charge in [-0.25, -0.2) is 23.4 Å². The van der Waals surface area contributed by atoms with Crippen LogP contribution in [0.4, 0.5) is 11.5 Å². The van der Waals surface area contributed by atoms with Crippen LogP contribution in [-0.2, 0) is 16.4 Å². The van der Waals surface area contributed by atoms with Gasteiger partial charge in [0.25, 0.3) is 0 Å². The van der Waals surface area contributed by atoms with Crippen molar-refractivity contribution in [2.45, 2.75) is 25.3 Å². The minimum Gasteiger partial charge on any atom is -0.366 e. The molecule has 152 valence electrons. The second-order valence-electron chi connectivity index (χ2n) is 7.61. The maximum atomic E-state index is 11.8. The second kappa shape index (κ2) is 7.14. The third-order valence-corrected chi connectivity index (χ3v) is 7.24. The first kappa shape index (κ1) is 18.6. The minimum absolute atomic E-state index is 0.191. The summed E-state index contributed by atoms with van der Waals surface area (Å²) in [7, 11) is -2.93. The zero-order valence-corrected chi connectivity index (χ0v) is 17.3. The monoisotopic (exact) mass is 432 g/mol. The van der Waals surface area contributed by atoms with Crippen molar-refractivity contribution in [1.82, 2.24) is 19.4 Å². The average molecular weight is 433 g/mol. The third kappa shape index (κ3) is 4.02. The summed E-state index contributed by atoms with van der Waals surface area (Å²) < 4.78 is 25.8.